The molecule has 11 nitrogen and oxygen atoms in total. The molecular weight excluding hydrogens is 552 g/mol. The van der Waals surface area contributed by atoms with Gasteiger partial charge in [0, 0.05) is 29.0 Å². The Bertz CT molecular complexity index is 1180. The number of hydrogen-bond acceptors (Lipinski definition) is 8. The summed E-state index contributed by atoms with van der Waals surface area (Å²) in [5.74, 6) is -2.69. The number of nitrogens with zero attached hydrogens (tertiary/aromatic N) is 5. The molecule has 0 saturated heterocycles. The van der Waals surface area contributed by atoms with Crippen molar-refractivity contribution in [3.8, 4) is 11.4 Å². The molecule has 0 fully saturated rings. The normalized spacial score (nSPS) is 10.5. The zero-order valence-corrected chi connectivity index (χ0v) is 22.4. The van der Waals surface area contributed by atoms with Gasteiger partial charge in [-0.2, -0.15) is 0 Å². The largest absolute Gasteiger partial charge is 0.473 e. The Morgan fingerprint density at radius 2 is 1.75 bits per heavy atom. The topological polar surface area (TPSA) is 151 Å². The minimum absolute atomic E-state index is 0.0853. The number of carbonyl (C=O) groups is 3. The van der Waals surface area contributed by atoms with Crippen molar-refractivity contribution in [1.82, 2.24) is 24.6 Å². The van der Waals surface area contributed by atoms with Crippen molar-refractivity contribution in [2.45, 2.75) is 25.0 Å². The number of carboxylic acid groups (broad SMARTS) is 2. The fourth-order valence-corrected chi connectivity index (χ4v) is 4.25. The minimum Gasteiger partial charge on any atom is -0.473 e. The van der Waals surface area contributed by atoms with Crippen molar-refractivity contribution < 1.29 is 24.6 Å². The highest BCUT2D eigenvalue weighted by Gasteiger charge is 2.16. The lowest BCUT2D eigenvalue weighted by atomic mass is 10.2. The standard InChI is InChI=1S/C21H25BrN6OS.C2H2O4/c1-15-5-6-18(17(22)13-15)24-19(29)14-30-21-26-25-20(16-7-9-23-10-8-16)28(21)12-4-11-27(2)3;3-1(4)2(5)6/h5-10,13H,4,11-12,14H2,1-3H3,(H,24,29);(H,3,4)(H,5,6). The van der Waals surface area contributed by atoms with E-state index in [1.807, 2.05) is 37.3 Å². The molecule has 0 spiro atoms. The first kappa shape index (κ1) is 28.9. The van der Waals surface area contributed by atoms with Crippen LogP contribution in [0.2, 0.25) is 0 Å². The second-order valence-electron chi connectivity index (χ2n) is 7.78. The SMILES string of the molecule is Cc1ccc(NC(=O)CSc2nnc(-c3ccncc3)n2CCCN(C)C)c(Br)c1.O=C(O)C(=O)O. The summed E-state index contributed by atoms with van der Waals surface area (Å²) in [6.07, 6.45) is 4.45. The van der Waals surface area contributed by atoms with Crippen LogP contribution < -0.4 is 5.32 Å². The Morgan fingerprint density at radius 1 is 1.08 bits per heavy atom. The van der Waals surface area contributed by atoms with Crippen LogP contribution in [0.1, 0.15) is 12.0 Å². The van der Waals surface area contributed by atoms with Gasteiger partial charge in [0.05, 0.1) is 11.4 Å². The summed E-state index contributed by atoms with van der Waals surface area (Å²) >= 11 is 4.89. The van der Waals surface area contributed by atoms with E-state index in [1.165, 1.54) is 11.8 Å². The highest BCUT2D eigenvalue weighted by Crippen LogP contribution is 2.26. The van der Waals surface area contributed by atoms with Crippen LogP contribution in [0.4, 0.5) is 5.69 Å². The summed E-state index contributed by atoms with van der Waals surface area (Å²) in [5, 5.41) is 27.2. The van der Waals surface area contributed by atoms with Crippen LogP contribution in [0.3, 0.4) is 0 Å². The maximum atomic E-state index is 12.5. The molecule has 36 heavy (non-hydrogen) atoms. The Balaban J connectivity index is 0.000000678. The fraction of sp³-hybridized carbons (Fsp3) is 0.304. The number of carbonyl (C=O) groups excluding carboxylic acids is 1. The molecule has 2 heterocycles. The zero-order valence-electron chi connectivity index (χ0n) is 20.0. The number of hydrogen-bond donors (Lipinski definition) is 3. The summed E-state index contributed by atoms with van der Waals surface area (Å²) in [7, 11) is 4.11. The van der Waals surface area contributed by atoms with E-state index in [4.69, 9.17) is 19.8 Å². The summed E-state index contributed by atoms with van der Waals surface area (Å²) in [6, 6.07) is 9.68. The van der Waals surface area contributed by atoms with Gasteiger partial charge in [-0.3, -0.25) is 9.78 Å². The second kappa shape index (κ2) is 14.3. The second-order valence-corrected chi connectivity index (χ2v) is 9.58. The molecule has 1 aromatic carbocycles. The predicted molar refractivity (Wildman–Crippen MR) is 140 cm³/mol. The van der Waals surface area contributed by atoms with Gasteiger partial charge < -0.3 is 25.0 Å². The monoisotopic (exact) mass is 578 g/mol. The number of rotatable bonds is 9. The number of aliphatic carboxylic acids is 2. The summed E-state index contributed by atoms with van der Waals surface area (Å²) < 4.78 is 2.95. The van der Waals surface area contributed by atoms with Crippen molar-refractivity contribution in [3.05, 3.63) is 52.8 Å². The van der Waals surface area contributed by atoms with E-state index in [1.54, 1.807) is 12.4 Å². The van der Waals surface area contributed by atoms with Crippen molar-refractivity contribution in [2.24, 2.45) is 0 Å². The van der Waals surface area contributed by atoms with E-state index < -0.39 is 11.9 Å². The van der Waals surface area contributed by atoms with Crippen LogP contribution in [0.5, 0.6) is 0 Å². The molecule has 0 aliphatic heterocycles. The number of benzene rings is 1. The highest BCUT2D eigenvalue weighted by atomic mass is 79.9. The van der Waals surface area contributed by atoms with E-state index >= 15 is 0 Å². The Kier molecular flexibility index (Phi) is 11.5. The Morgan fingerprint density at radius 3 is 2.33 bits per heavy atom. The van der Waals surface area contributed by atoms with Crippen molar-refractivity contribution >= 4 is 51.2 Å². The third-order valence-corrected chi connectivity index (χ3v) is 6.18. The maximum absolute atomic E-state index is 12.5. The van der Waals surface area contributed by atoms with Crippen LogP contribution in [0.15, 0.2) is 52.4 Å². The van der Waals surface area contributed by atoms with Gasteiger partial charge in [0.15, 0.2) is 11.0 Å². The number of anilines is 1. The molecule has 3 N–H and O–H groups in total. The summed E-state index contributed by atoms with van der Waals surface area (Å²) in [4.78, 5) is 36.9. The third kappa shape index (κ3) is 9.40. The van der Waals surface area contributed by atoms with Crippen LogP contribution in [0.25, 0.3) is 11.4 Å². The molecule has 0 bridgehead atoms. The number of aromatic nitrogens is 4. The fourth-order valence-electron chi connectivity index (χ4n) is 2.89. The molecule has 0 aliphatic rings. The molecule has 0 unspecified atom stereocenters. The quantitative estimate of drug-likeness (QED) is 0.255. The average molecular weight is 579 g/mol. The van der Waals surface area contributed by atoms with E-state index in [2.05, 4.69) is 60.0 Å². The van der Waals surface area contributed by atoms with Gasteiger partial charge in [-0.1, -0.05) is 17.8 Å². The molecule has 192 valence electrons. The van der Waals surface area contributed by atoms with Crippen LogP contribution >= 0.6 is 27.7 Å². The van der Waals surface area contributed by atoms with Gasteiger partial charge in [0.2, 0.25) is 5.91 Å². The van der Waals surface area contributed by atoms with E-state index in [0.717, 1.165) is 51.8 Å². The highest BCUT2D eigenvalue weighted by molar-refractivity contribution is 9.10. The molecule has 2 aromatic heterocycles. The van der Waals surface area contributed by atoms with E-state index in [-0.39, 0.29) is 11.7 Å². The van der Waals surface area contributed by atoms with Gasteiger partial charge in [-0.15, -0.1) is 10.2 Å². The molecular formula is C23H27BrN6O5S. The van der Waals surface area contributed by atoms with Gasteiger partial charge in [-0.05, 0) is 79.7 Å². The summed E-state index contributed by atoms with van der Waals surface area (Å²) in [5.41, 5.74) is 2.85. The van der Waals surface area contributed by atoms with Gasteiger partial charge in [-0.25, -0.2) is 9.59 Å². The van der Waals surface area contributed by atoms with Gasteiger partial charge >= 0.3 is 11.9 Å². The maximum Gasteiger partial charge on any atom is 0.414 e. The van der Waals surface area contributed by atoms with E-state index in [9.17, 15) is 4.79 Å². The number of aryl methyl sites for hydroxylation is 1. The third-order valence-electron chi connectivity index (χ3n) is 4.56. The Hall–Kier alpha value is -3.29. The molecule has 3 rings (SSSR count). The molecule has 0 saturated carbocycles. The first-order chi connectivity index (χ1) is 17.1. The van der Waals surface area contributed by atoms with Crippen LogP contribution in [-0.2, 0) is 20.9 Å². The number of amides is 1. The molecule has 0 aliphatic carbocycles. The van der Waals surface area contributed by atoms with Gasteiger partial charge in [0.1, 0.15) is 0 Å². The lowest BCUT2D eigenvalue weighted by Gasteiger charge is -2.13. The molecule has 1 amide bonds. The Labute approximate surface area is 221 Å². The van der Waals surface area contributed by atoms with Crippen molar-refractivity contribution in [1.29, 1.82) is 0 Å². The lowest BCUT2D eigenvalue weighted by molar-refractivity contribution is -0.159. The van der Waals surface area contributed by atoms with Crippen LogP contribution in [-0.4, -0.2) is 79.1 Å². The van der Waals surface area contributed by atoms with Gasteiger partial charge in [0.25, 0.3) is 0 Å². The average Bonchev–Trinajstić information content (AvgIpc) is 3.23. The zero-order chi connectivity index (χ0) is 26.7. The molecule has 3 aromatic rings. The lowest BCUT2D eigenvalue weighted by Crippen LogP contribution is -2.17. The molecule has 0 atom stereocenters. The van der Waals surface area contributed by atoms with Crippen molar-refractivity contribution in [2.75, 3.05) is 31.7 Å². The number of pyridine rings is 1. The van der Waals surface area contributed by atoms with E-state index in [0.29, 0.717) is 0 Å². The molecule has 13 heteroatoms. The predicted octanol–water partition coefficient (Wildman–Crippen LogP) is 3.25. The smallest absolute Gasteiger partial charge is 0.414 e. The van der Waals surface area contributed by atoms with Crippen molar-refractivity contribution in [3.63, 3.8) is 0 Å². The number of nitrogens with one attached hydrogen (secondary N) is 1. The summed E-state index contributed by atoms with van der Waals surface area (Å²) in [6.45, 7) is 3.74. The number of halogens is 1. The first-order valence-corrected chi connectivity index (χ1v) is 12.5. The minimum atomic E-state index is -1.82. The molecule has 0 radical (unpaired) electrons. The number of thioether (sulfide) groups is 1. The first-order valence-electron chi connectivity index (χ1n) is 10.7. The van der Waals surface area contributed by atoms with Crippen LogP contribution in [0, 0.1) is 6.92 Å². The number of carboxylic acids is 2.